The lowest BCUT2D eigenvalue weighted by molar-refractivity contribution is 0.614. The van der Waals surface area contributed by atoms with Gasteiger partial charge in [-0.2, -0.15) is 8.42 Å². The molecule has 1 N–H and O–H groups in total. The van der Waals surface area contributed by atoms with Gasteiger partial charge in [-0.15, -0.1) is 11.3 Å². The molecule has 0 aromatic carbocycles. The number of rotatable bonds is 2. The van der Waals surface area contributed by atoms with Crippen molar-refractivity contribution in [1.82, 2.24) is 4.98 Å². The topological polar surface area (TPSA) is 59.1 Å². The summed E-state index contributed by atoms with van der Waals surface area (Å²) in [4.78, 5) is 3.65. The van der Waals surface area contributed by atoms with Gasteiger partial charge in [-0.3, -0.25) is 0 Å². The van der Waals surface area contributed by atoms with Gasteiger partial charge in [0, 0.05) is 22.3 Å². The second-order valence-electron chi connectivity index (χ2n) is 1.38. The summed E-state index contributed by atoms with van der Waals surface area (Å²) < 4.78 is 22.6. The molecule has 0 aliphatic heterocycles. The fraction of sp³-hybridized carbons (Fsp3) is 0. The minimum atomic E-state index is -3.68. The van der Waals surface area contributed by atoms with Crippen molar-refractivity contribution in [1.29, 1.82) is 0 Å². The number of hydrogen-bond donors (Lipinski definition) is 1. The van der Waals surface area contributed by atoms with Gasteiger partial charge in [0.1, 0.15) is 0 Å². The lowest BCUT2D eigenvalue weighted by atomic mass is 11.0. The van der Waals surface area contributed by atoms with Crippen LogP contribution in [-0.2, 0) is 9.24 Å². The zero-order chi connectivity index (χ0) is 7.61. The Balaban J connectivity index is 2.75. The molecule has 0 bridgehead atoms. The number of hydrogen-bond acceptors (Lipinski definition) is 4. The molecule has 0 atom stereocenters. The first kappa shape index (κ1) is 7.77. The smallest absolute Gasteiger partial charge is 0.246 e. The summed E-state index contributed by atoms with van der Waals surface area (Å²) in [5, 5.41) is 1.92. The van der Waals surface area contributed by atoms with E-state index in [4.69, 9.17) is 10.7 Å². The Labute approximate surface area is 66.4 Å². The number of halogens is 1. The van der Waals surface area contributed by atoms with Crippen LogP contribution in [0.2, 0.25) is 0 Å². The van der Waals surface area contributed by atoms with Gasteiger partial charge in [-0.05, 0) is 0 Å². The molecule has 0 aliphatic carbocycles. The van der Waals surface area contributed by atoms with Crippen LogP contribution in [0.25, 0.3) is 0 Å². The van der Waals surface area contributed by atoms with E-state index in [1.165, 1.54) is 6.20 Å². The van der Waals surface area contributed by atoms with Gasteiger partial charge >= 0.3 is 9.24 Å². The van der Waals surface area contributed by atoms with Crippen LogP contribution in [0.5, 0.6) is 0 Å². The molecule has 0 unspecified atom stereocenters. The average Bonchev–Trinajstić information content (AvgIpc) is 2.12. The molecule has 0 fully saturated rings. The van der Waals surface area contributed by atoms with Crippen LogP contribution in [0.4, 0.5) is 5.13 Å². The van der Waals surface area contributed by atoms with Gasteiger partial charge in [0.25, 0.3) is 0 Å². The summed E-state index contributed by atoms with van der Waals surface area (Å²) in [7, 11) is 1.18. The molecule has 0 amide bonds. The van der Waals surface area contributed by atoms with Crippen LogP contribution >= 0.6 is 22.0 Å². The van der Waals surface area contributed by atoms with Crippen LogP contribution in [0.15, 0.2) is 11.6 Å². The van der Waals surface area contributed by atoms with Crippen molar-refractivity contribution in [2.75, 3.05) is 4.72 Å². The van der Waals surface area contributed by atoms with E-state index in [1.807, 2.05) is 4.72 Å². The quantitative estimate of drug-likeness (QED) is 0.723. The van der Waals surface area contributed by atoms with Crippen LogP contribution < -0.4 is 4.72 Å². The van der Waals surface area contributed by atoms with Crippen LogP contribution in [-0.4, -0.2) is 13.4 Å². The van der Waals surface area contributed by atoms with E-state index in [1.54, 1.807) is 5.38 Å². The SMILES string of the molecule is O=S(=O)(Cl)Nc1nccs1. The first-order valence-corrected chi connectivity index (χ1v) is 5.39. The maximum Gasteiger partial charge on any atom is 0.320 e. The van der Waals surface area contributed by atoms with E-state index >= 15 is 0 Å². The molecule has 0 radical (unpaired) electrons. The normalized spacial score (nSPS) is 11.3. The molecule has 0 spiro atoms. The van der Waals surface area contributed by atoms with Crippen molar-refractivity contribution >= 4 is 36.4 Å². The van der Waals surface area contributed by atoms with Crippen LogP contribution in [0, 0.1) is 0 Å². The molecule has 1 heterocycles. The largest absolute Gasteiger partial charge is 0.320 e. The fourth-order valence-electron chi connectivity index (χ4n) is 0.378. The molecular weight excluding hydrogens is 196 g/mol. The van der Waals surface area contributed by atoms with Crippen molar-refractivity contribution in [2.24, 2.45) is 0 Å². The van der Waals surface area contributed by atoms with Gasteiger partial charge in [-0.1, -0.05) is 0 Å². The van der Waals surface area contributed by atoms with Crippen molar-refractivity contribution < 1.29 is 8.42 Å². The van der Waals surface area contributed by atoms with Crippen LogP contribution in [0.3, 0.4) is 0 Å². The Bertz CT molecular complexity index is 292. The molecule has 56 valence electrons. The van der Waals surface area contributed by atoms with E-state index in [9.17, 15) is 8.42 Å². The number of thiazole rings is 1. The highest BCUT2D eigenvalue weighted by atomic mass is 35.7. The van der Waals surface area contributed by atoms with E-state index in [2.05, 4.69) is 4.98 Å². The summed E-state index contributed by atoms with van der Waals surface area (Å²) in [5.41, 5.74) is 0. The van der Waals surface area contributed by atoms with E-state index in [0.717, 1.165) is 11.3 Å². The van der Waals surface area contributed by atoms with Gasteiger partial charge in [0.2, 0.25) is 0 Å². The summed E-state index contributed by atoms with van der Waals surface area (Å²) in [6.45, 7) is 0. The highest BCUT2D eigenvalue weighted by Crippen LogP contribution is 2.13. The Kier molecular flexibility index (Phi) is 2.12. The predicted molar refractivity (Wildman–Crippen MR) is 40.5 cm³/mol. The Morgan fingerprint density at radius 1 is 1.70 bits per heavy atom. The Hall–Kier alpha value is -0.330. The third-order valence-corrected chi connectivity index (χ3v) is 2.13. The minimum absolute atomic E-state index is 0.273. The molecule has 7 heteroatoms. The molecule has 1 aromatic rings. The van der Waals surface area contributed by atoms with Gasteiger partial charge < -0.3 is 0 Å². The molecule has 0 saturated heterocycles. The van der Waals surface area contributed by atoms with Crippen molar-refractivity contribution in [2.45, 2.75) is 0 Å². The molecule has 10 heavy (non-hydrogen) atoms. The highest BCUT2D eigenvalue weighted by Gasteiger charge is 2.04. The summed E-state index contributed by atoms with van der Waals surface area (Å²) in [6, 6.07) is 0. The maximum atomic E-state index is 10.3. The maximum absolute atomic E-state index is 10.3. The zero-order valence-electron chi connectivity index (χ0n) is 4.61. The van der Waals surface area contributed by atoms with E-state index in [0.29, 0.717) is 0 Å². The molecule has 0 aliphatic rings. The first-order valence-electron chi connectivity index (χ1n) is 2.20. The van der Waals surface area contributed by atoms with Crippen LogP contribution in [0.1, 0.15) is 0 Å². The summed E-state index contributed by atoms with van der Waals surface area (Å²) >= 11 is 1.16. The first-order chi connectivity index (χ1) is 4.58. The van der Waals surface area contributed by atoms with E-state index < -0.39 is 9.24 Å². The second kappa shape index (κ2) is 2.73. The predicted octanol–water partition coefficient (Wildman–Crippen LogP) is 1.04. The number of nitrogens with one attached hydrogen (secondary N) is 1. The number of anilines is 1. The minimum Gasteiger partial charge on any atom is -0.246 e. The molecule has 4 nitrogen and oxygen atoms in total. The second-order valence-corrected chi connectivity index (χ2v) is 4.57. The highest BCUT2D eigenvalue weighted by molar-refractivity contribution is 8.14. The average molecular weight is 199 g/mol. The standard InChI is InChI=1S/C3H3ClN2O2S2/c4-10(7,8)6-3-5-1-2-9-3/h1-2H,(H,5,6). The summed E-state index contributed by atoms with van der Waals surface area (Å²) in [5.74, 6) is 0. The number of aromatic nitrogens is 1. The summed E-state index contributed by atoms with van der Waals surface area (Å²) in [6.07, 6.45) is 1.48. The van der Waals surface area contributed by atoms with Gasteiger partial charge in [-0.25, -0.2) is 9.71 Å². The molecule has 0 saturated carbocycles. The van der Waals surface area contributed by atoms with Crippen molar-refractivity contribution in [3.05, 3.63) is 11.6 Å². The third kappa shape index (κ3) is 2.51. The molecule has 1 rings (SSSR count). The molecular formula is C3H3ClN2O2S2. The van der Waals surface area contributed by atoms with Crippen molar-refractivity contribution in [3.63, 3.8) is 0 Å². The zero-order valence-corrected chi connectivity index (χ0v) is 7.00. The van der Waals surface area contributed by atoms with E-state index in [-0.39, 0.29) is 5.13 Å². The Morgan fingerprint density at radius 2 is 2.40 bits per heavy atom. The van der Waals surface area contributed by atoms with Crippen molar-refractivity contribution in [3.8, 4) is 0 Å². The monoisotopic (exact) mass is 198 g/mol. The van der Waals surface area contributed by atoms with Gasteiger partial charge in [0.05, 0.1) is 0 Å². The Morgan fingerprint density at radius 3 is 2.80 bits per heavy atom. The fourth-order valence-corrected chi connectivity index (χ4v) is 1.89. The number of nitrogens with zero attached hydrogens (tertiary/aromatic N) is 1. The van der Waals surface area contributed by atoms with Gasteiger partial charge in [0.15, 0.2) is 5.13 Å². The molecule has 1 aromatic heterocycles. The third-order valence-electron chi connectivity index (χ3n) is 0.642. The lowest BCUT2D eigenvalue weighted by Crippen LogP contribution is -2.03. The lowest BCUT2D eigenvalue weighted by Gasteiger charge is -1.92.